The number of nitrogens with zero attached hydrogens (tertiary/aromatic N) is 1. The molecule has 19 heavy (non-hydrogen) atoms. The second-order valence-corrected chi connectivity index (χ2v) is 4.96. The molecule has 3 amide bonds. The summed E-state index contributed by atoms with van der Waals surface area (Å²) in [6.07, 6.45) is 3.94. The summed E-state index contributed by atoms with van der Waals surface area (Å²) in [5.41, 5.74) is 0. The van der Waals surface area contributed by atoms with Crippen LogP contribution in [0, 0.1) is 5.92 Å². The van der Waals surface area contributed by atoms with Crippen LogP contribution in [0.1, 0.15) is 12.8 Å². The highest BCUT2D eigenvalue weighted by molar-refractivity contribution is 5.95. The highest BCUT2D eigenvalue weighted by Gasteiger charge is 2.17. The predicted molar refractivity (Wildman–Crippen MR) is 74.8 cm³/mol. The van der Waals surface area contributed by atoms with Crippen LogP contribution in [0.5, 0.6) is 0 Å². The fourth-order valence-corrected chi connectivity index (χ4v) is 2.21. The van der Waals surface area contributed by atoms with E-state index in [1.807, 2.05) is 11.9 Å². The minimum atomic E-state index is -0.474. The number of hydrogen-bond acceptors (Lipinski definition) is 4. The molecule has 0 aromatic carbocycles. The van der Waals surface area contributed by atoms with Crippen molar-refractivity contribution in [3.8, 4) is 0 Å². The Balaban J connectivity index is 2.19. The Morgan fingerprint density at radius 3 is 2.95 bits per heavy atom. The number of piperidine rings is 1. The van der Waals surface area contributed by atoms with Gasteiger partial charge < -0.3 is 10.6 Å². The van der Waals surface area contributed by atoms with E-state index < -0.39 is 6.03 Å². The van der Waals surface area contributed by atoms with Gasteiger partial charge in [0.15, 0.2) is 0 Å². The zero-order chi connectivity index (χ0) is 14.1. The molecule has 0 aliphatic carbocycles. The number of hydrogen-bond donors (Lipinski definition) is 3. The van der Waals surface area contributed by atoms with Crippen molar-refractivity contribution < 1.29 is 9.59 Å². The number of likely N-dealkylation sites (N-methyl/N-ethyl adjacent to an activating group) is 1. The average molecular weight is 268 g/mol. The van der Waals surface area contributed by atoms with Crippen LogP contribution < -0.4 is 16.0 Å². The van der Waals surface area contributed by atoms with Gasteiger partial charge in [0, 0.05) is 13.1 Å². The van der Waals surface area contributed by atoms with Crippen LogP contribution in [0.25, 0.3) is 0 Å². The Morgan fingerprint density at radius 1 is 1.53 bits per heavy atom. The third-order valence-corrected chi connectivity index (χ3v) is 3.04. The van der Waals surface area contributed by atoms with Gasteiger partial charge in [-0.3, -0.25) is 15.0 Å². The van der Waals surface area contributed by atoms with Crippen molar-refractivity contribution in [3.63, 3.8) is 0 Å². The number of nitrogens with one attached hydrogen (secondary N) is 3. The summed E-state index contributed by atoms with van der Waals surface area (Å²) in [5.74, 6) is 0.300. The van der Waals surface area contributed by atoms with Crippen molar-refractivity contribution in [1.82, 2.24) is 20.9 Å². The Kier molecular flexibility index (Phi) is 7.14. The second kappa shape index (κ2) is 8.66. The van der Waals surface area contributed by atoms with Gasteiger partial charge in [0.25, 0.3) is 0 Å². The van der Waals surface area contributed by atoms with E-state index in [4.69, 9.17) is 0 Å². The number of amides is 3. The molecule has 6 heteroatoms. The molecule has 0 spiro atoms. The van der Waals surface area contributed by atoms with Crippen molar-refractivity contribution in [2.45, 2.75) is 12.8 Å². The molecule has 0 radical (unpaired) electrons. The fourth-order valence-electron chi connectivity index (χ4n) is 2.21. The Morgan fingerprint density at radius 2 is 2.32 bits per heavy atom. The molecule has 0 aromatic rings. The number of carbonyl (C=O) groups is 2. The first-order valence-electron chi connectivity index (χ1n) is 6.69. The SMILES string of the molecule is C=CCNC(=O)NC(=O)CN(C)CC1CCCNC1. The molecule has 1 atom stereocenters. The highest BCUT2D eigenvalue weighted by atomic mass is 16.2. The van der Waals surface area contributed by atoms with Gasteiger partial charge in [-0.2, -0.15) is 0 Å². The molecule has 3 N–H and O–H groups in total. The first kappa shape index (κ1) is 15.7. The van der Waals surface area contributed by atoms with Crippen molar-refractivity contribution >= 4 is 11.9 Å². The Hall–Kier alpha value is -1.40. The lowest BCUT2D eigenvalue weighted by Gasteiger charge is -2.27. The van der Waals surface area contributed by atoms with E-state index >= 15 is 0 Å². The first-order valence-corrected chi connectivity index (χ1v) is 6.69. The molecule has 6 nitrogen and oxygen atoms in total. The standard InChI is InChI=1S/C13H24N4O2/c1-3-6-15-13(19)16-12(18)10-17(2)9-11-5-4-7-14-8-11/h3,11,14H,1,4-10H2,2H3,(H2,15,16,18,19). The lowest BCUT2D eigenvalue weighted by Crippen LogP contribution is -2.45. The topological polar surface area (TPSA) is 73.5 Å². The van der Waals surface area contributed by atoms with Crippen LogP contribution >= 0.6 is 0 Å². The van der Waals surface area contributed by atoms with Gasteiger partial charge in [0.2, 0.25) is 5.91 Å². The third kappa shape index (κ3) is 6.93. The summed E-state index contributed by atoms with van der Waals surface area (Å²) in [7, 11) is 1.90. The summed E-state index contributed by atoms with van der Waals surface area (Å²) >= 11 is 0. The van der Waals surface area contributed by atoms with Crippen LogP contribution in [-0.2, 0) is 4.79 Å². The first-order chi connectivity index (χ1) is 9.11. The summed E-state index contributed by atoms with van der Waals surface area (Å²) in [5, 5.41) is 8.14. The number of carbonyl (C=O) groups excluding carboxylic acids is 2. The lowest BCUT2D eigenvalue weighted by atomic mass is 9.99. The molecule has 0 aromatic heterocycles. The zero-order valence-electron chi connectivity index (χ0n) is 11.6. The quantitative estimate of drug-likeness (QED) is 0.590. The average Bonchev–Trinajstić information content (AvgIpc) is 2.37. The maximum Gasteiger partial charge on any atom is 0.321 e. The molecular weight excluding hydrogens is 244 g/mol. The summed E-state index contributed by atoms with van der Waals surface area (Å²) in [6.45, 7) is 7.03. The van der Waals surface area contributed by atoms with Gasteiger partial charge in [-0.25, -0.2) is 4.79 Å². The summed E-state index contributed by atoms with van der Waals surface area (Å²) in [6, 6.07) is -0.474. The smallest absolute Gasteiger partial charge is 0.321 e. The molecule has 1 fully saturated rings. The summed E-state index contributed by atoms with van der Waals surface area (Å²) in [4.78, 5) is 24.8. The van der Waals surface area contributed by atoms with E-state index in [1.165, 1.54) is 12.8 Å². The minimum absolute atomic E-state index is 0.234. The summed E-state index contributed by atoms with van der Waals surface area (Å²) < 4.78 is 0. The van der Waals surface area contributed by atoms with E-state index in [2.05, 4.69) is 22.5 Å². The highest BCUT2D eigenvalue weighted by Crippen LogP contribution is 2.10. The van der Waals surface area contributed by atoms with Gasteiger partial charge in [0.05, 0.1) is 6.54 Å². The lowest BCUT2D eigenvalue weighted by molar-refractivity contribution is -0.121. The Labute approximate surface area is 114 Å². The van der Waals surface area contributed by atoms with E-state index in [-0.39, 0.29) is 12.5 Å². The van der Waals surface area contributed by atoms with Crippen molar-refractivity contribution in [2.75, 3.05) is 39.8 Å². The maximum absolute atomic E-state index is 11.6. The molecule has 1 aliphatic rings. The molecule has 1 unspecified atom stereocenters. The molecule has 0 bridgehead atoms. The molecule has 0 saturated carbocycles. The second-order valence-electron chi connectivity index (χ2n) is 4.96. The Bertz CT molecular complexity index is 314. The predicted octanol–water partition coefficient (Wildman–Crippen LogP) is -0.0704. The molecule has 1 rings (SSSR count). The van der Waals surface area contributed by atoms with Gasteiger partial charge >= 0.3 is 6.03 Å². The van der Waals surface area contributed by atoms with E-state index in [1.54, 1.807) is 6.08 Å². The van der Waals surface area contributed by atoms with Crippen molar-refractivity contribution in [1.29, 1.82) is 0 Å². The van der Waals surface area contributed by atoms with E-state index in [9.17, 15) is 9.59 Å². The van der Waals surface area contributed by atoms with E-state index in [0.717, 1.165) is 19.6 Å². The maximum atomic E-state index is 11.6. The van der Waals surface area contributed by atoms with Crippen LogP contribution in [0.15, 0.2) is 12.7 Å². The van der Waals surface area contributed by atoms with Crippen molar-refractivity contribution in [2.24, 2.45) is 5.92 Å². The van der Waals surface area contributed by atoms with Crippen molar-refractivity contribution in [3.05, 3.63) is 12.7 Å². The van der Waals surface area contributed by atoms with Gasteiger partial charge in [-0.15, -0.1) is 6.58 Å². The number of rotatable bonds is 6. The number of urea groups is 1. The zero-order valence-corrected chi connectivity index (χ0v) is 11.6. The normalized spacial score (nSPS) is 18.9. The van der Waals surface area contributed by atoms with Gasteiger partial charge in [-0.05, 0) is 38.9 Å². The third-order valence-electron chi connectivity index (χ3n) is 3.04. The van der Waals surface area contributed by atoms with E-state index in [0.29, 0.717) is 12.5 Å². The molecular formula is C13H24N4O2. The van der Waals surface area contributed by atoms with Crippen LogP contribution in [0.2, 0.25) is 0 Å². The van der Waals surface area contributed by atoms with Gasteiger partial charge in [-0.1, -0.05) is 6.08 Å². The van der Waals surface area contributed by atoms with Crippen LogP contribution in [0.4, 0.5) is 4.79 Å². The minimum Gasteiger partial charge on any atom is -0.334 e. The molecule has 1 aliphatic heterocycles. The molecule has 1 heterocycles. The molecule has 1 saturated heterocycles. The van der Waals surface area contributed by atoms with Crippen LogP contribution in [0.3, 0.4) is 0 Å². The molecule has 108 valence electrons. The van der Waals surface area contributed by atoms with Gasteiger partial charge in [0.1, 0.15) is 0 Å². The van der Waals surface area contributed by atoms with Crippen LogP contribution in [-0.4, -0.2) is 56.6 Å². The fraction of sp³-hybridized carbons (Fsp3) is 0.692. The monoisotopic (exact) mass is 268 g/mol. The largest absolute Gasteiger partial charge is 0.334 e. The number of imide groups is 1.